The Morgan fingerprint density at radius 3 is 2.77 bits per heavy atom. The van der Waals surface area contributed by atoms with Crippen molar-refractivity contribution >= 4 is 17.4 Å². The first-order valence-corrected chi connectivity index (χ1v) is 10.9. The zero-order valence-electron chi connectivity index (χ0n) is 18.0. The number of nitrogens with zero attached hydrogens (tertiary/aromatic N) is 3. The van der Waals surface area contributed by atoms with Gasteiger partial charge in [0.1, 0.15) is 11.9 Å². The number of rotatable bonds is 6. The van der Waals surface area contributed by atoms with Gasteiger partial charge in [-0.05, 0) is 57.5 Å². The van der Waals surface area contributed by atoms with Gasteiger partial charge < -0.3 is 15.4 Å². The van der Waals surface area contributed by atoms with E-state index in [4.69, 9.17) is 16.3 Å². The third-order valence-corrected chi connectivity index (χ3v) is 6.15. The lowest BCUT2D eigenvalue weighted by molar-refractivity contribution is 0.226. The molecule has 1 aliphatic rings. The molecular formula is C23H27ClFN5O. The van der Waals surface area contributed by atoms with Gasteiger partial charge in [0, 0.05) is 36.1 Å². The van der Waals surface area contributed by atoms with Crippen molar-refractivity contribution in [2.75, 3.05) is 25.5 Å². The number of aryl methyl sites for hydroxylation is 1. The van der Waals surface area contributed by atoms with E-state index < -0.39 is 11.9 Å². The van der Waals surface area contributed by atoms with Gasteiger partial charge in [0.05, 0.1) is 17.3 Å². The van der Waals surface area contributed by atoms with Crippen molar-refractivity contribution in [2.45, 2.75) is 38.8 Å². The van der Waals surface area contributed by atoms with E-state index in [1.807, 2.05) is 30.8 Å². The van der Waals surface area contributed by atoms with Crippen molar-refractivity contribution in [2.24, 2.45) is 0 Å². The zero-order valence-corrected chi connectivity index (χ0v) is 18.7. The summed E-state index contributed by atoms with van der Waals surface area (Å²) in [6.07, 6.45) is 7.40. The molecule has 1 fully saturated rings. The van der Waals surface area contributed by atoms with E-state index in [1.54, 1.807) is 19.3 Å². The van der Waals surface area contributed by atoms with Gasteiger partial charge in [-0.2, -0.15) is 5.10 Å². The van der Waals surface area contributed by atoms with Crippen molar-refractivity contribution in [1.29, 1.82) is 0 Å². The van der Waals surface area contributed by atoms with Crippen molar-refractivity contribution in [3.05, 3.63) is 58.8 Å². The number of pyridine rings is 1. The van der Waals surface area contributed by atoms with Gasteiger partial charge in [0.25, 0.3) is 0 Å². The average molecular weight is 444 g/mol. The summed E-state index contributed by atoms with van der Waals surface area (Å²) >= 11 is 6.24. The molecule has 164 valence electrons. The highest BCUT2D eigenvalue weighted by Crippen LogP contribution is 2.36. The summed E-state index contributed by atoms with van der Waals surface area (Å²) in [6.45, 7) is 5.77. The fourth-order valence-corrected chi connectivity index (χ4v) is 4.42. The Balaban J connectivity index is 1.61. The van der Waals surface area contributed by atoms with Crippen LogP contribution in [-0.2, 0) is 0 Å². The number of hydrogen-bond donors (Lipinski definition) is 2. The topological polar surface area (TPSA) is 64.0 Å². The fourth-order valence-electron chi connectivity index (χ4n) is 4.05. The normalized spacial score (nSPS) is 15.6. The van der Waals surface area contributed by atoms with E-state index in [9.17, 15) is 4.39 Å². The van der Waals surface area contributed by atoms with E-state index >= 15 is 0 Å². The minimum Gasteiger partial charge on any atom is -0.482 e. The lowest BCUT2D eigenvalue weighted by Gasteiger charge is -2.22. The number of hydrogen-bond acceptors (Lipinski definition) is 5. The summed E-state index contributed by atoms with van der Waals surface area (Å²) in [4.78, 5) is 4.51. The smallest absolute Gasteiger partial charge is 0.168 e. The molecule has 0 saturated carbocycles. The Hall–Kier alpha value is -2.64. The van der Waals surface area contributed by atoms with Crippen molar-refractivity contribution in [1.82, 2.24) is 20.1 Å². The molecule has 31 heavy (non-hydrogen) atoms. The molecule has 0 bridgehead atoms. The summed E-state index contributed by atoms with van der Waals surface area (Å²) in [5, 5.41) is 11.1. The number of aromatic nitrogens is 3. The highest BCUT2D eigenvalue weighted by molar-refractivity contribution is 6.31. The number of ether oxygens (including phenoxy) is 1. The lowest BCUT2D eigenvalue weighted by atomic mass is 10.0. The summed E-state index contributed by atoms with van der Waals surface area (Å²) in [6, 6.07) is 5.42. The summed E-state index contributed by atoms with van der Waals surface area (Å²) in [5.74, 6) is 0.720. The molecule has 1 atom stereocenters. The van der Waals surface area contributed by atoms with Crippen LogP contribution in [0.2, 0.25) is 5.02 Å². The minimum atomic E-state index is -0.455. The summed E-state index contributed by atoms with van der Waals surface area (Å²) in [5.41, 5.74) is 3.39. The number of anilines is 1. The van der Waals surface area contributed by atoms with E-state index in [0.717, 1.165) is 42.6 Å². The molecule has 4 rings (SSSR count). The standard InChI is InChI=1S/C23H27ClFN5O/c1-14-4-5-19(25)22(24)21(14)15(2)31-20-10-16(11-28-23(20)26-3)17-12-29-30(13-17)18-6-8-27-9-7-18/h4-5,10-13,15,18,27H,6-9H2,1-3H3,(H,26,28). The summed E-state index contributed by atoms with van der Waals surface area (Å²) in [7, 11) is 1.79. The fraction of sp³-hybridized carbons (Fsp3) is 0.391. The second-order valence-corrected chi connectivity index (χ2v) is 8.24. The predicted molar refractivity (Wildman–Crippen MR) is 121 cm³/mol. The van der Waals surface area contributed by atoms with Gasteiger partial charge in [-0.15, -0.1) is 0 Å². The van der Waals surface area contributed by atoms with Crippen LogP contribution in [0.1, 0.15) is 43.0 Å². The monoisotopic (exact) mass is 443 g/mol. The molecule has 3 aromatic rings. The Bertz CT molecular complexity index is 1060. The molecule has 3 heterocycles. The number of benzene rings is 1. The molecule has 1 aliphatic heterocycles. The third-order valence-electron chi connectivity index (χ3n) is 5.77. The molecule has 6 nitrogen and oxygen atoms in total. The molecule has 2 N–H and O–H groups in total. The third kappa shape index (κ3) is 4.52. The van der Waals surface area contributed by atoms with E-state index in [-0.39, 0.29) is 5.02 Å². The molecule has 1 aromatic carbocycles. The second kappa shape index (κ2) is 9.24. The molecule has 2 aromatic heterocycles. The van der Waals surface area contributed by atoms with Crippen LogP contribution in [0, 0.1) is 12.7 Å². The van der Waals surface area contributed by atoms with Gasteiger partial charge in [0.2, 0.25) is 0 Å². The molecule has 0 spiro atoms. The molecule has 8 heteroatoms. The van der Waals surface area contributed by atoms with Crippen LogP contribution in [0.15, 0.2) is 36.8 Å². The van der Waals surface area contributed by atoms with Crippen LogP contribution in [0.5, 0.6) is 5.75 Å². The van der Waals surface area contributed by atoms with Crippen molar-refractivity contribution in [3.8, 4) is 16.9 Å². The van der Waals surface area contributed by atoms with Gasteiger partial charge in [-0.25, -0.2) is 9.37 Å². The van der Waals surface area contributed by atoms with Crippen LogP contribution >= 0.6 is 11.6 Å². The quantitative estimate of drug-likeness (QED) is 0.551. The van der Waals surface area contributed by atoms with Gasteiger partial charge >= 0.3 is 0 Å². The maximum absolute atomic E-state index is 14.0. The molecule has 1 unspecified atom stereocenters. The lowest BCUT2D eigenvalue weighted by Crippen LogP contribution is -2.29. The SMILES string of the molecule is CNc1ncc(-c2cnn(C3CCNCC3)c2)cc1OC(C)c1c(C)ccc(F)c1Cl. The predicted octanol–water partition coefficient (Wildman–Crippen LogP) is 5.15. The first-order valence-electron chi connectivity index (χ1n) is 10.5. The first kappa shape index (κ1) is 21.6. The maximum Gasteiger partial charge on any atom is 0.168 e. The molecule has 0 radical (unpaired) electrons. The minimum absolute atomic E-state index is 0.0888. The number of piperidine rings is 1. The van der Waals surface area contributed by atoms with Gasteiger partial charge in [-0.1, -0.05) is 17.7 Å². The number of nitrogens with one attached hydrogen (secondary N) is 2. The van der Waals surface area contributed by atoms with Crippen molar-refractivity contribution < 1.29 is 9.13 Å². The Kier molecular flexibility index (Phi) is 6.43. The maximum atomic E-state index is 14.0. The van der Waals surface area contributed by atoms with Crippen LogP contribution in [0.25, 0.3) is 11.1 Å². The second-order valence-electron chi connectivity index (χ2n) is 7.86. The van der Waals surface area contributed by atoms with E-state index in [2.05, 4.69) is 26.9 Å². The van der Waals surface area contributed by atoms with Crippen molar-refractivity contribution in [3.63, 3.8) is 0 Å². The van der Waals surface area contributed by atoms with Crippen LogP contribution in [0.4, 0.5) is 10.2 Å². The Morgan fingerprint density at radius 2 is 2.03 bits per heavy atom. The molecular weight excluding hydrogens is 417 g/mol. The molecule has 1 saturated heterocycles. The first-order chi connectivity index (χ1) is 15.0. The van der Waals surface area contributed by atoms with Crippen LogP contribution in [-0.4, -0.2) is 34.9 Å². The van der Waals surface area contributed by atoms with Gasteiger partial charge in [0.15, 0.2) is 11.6 Å². The van der Waals surface area contributed by atoms with Gasteiger partial charge in [-0.3, -0.25) is 4.68 Å². The van der Waals surface area contributed by atoms with Crippen LogP contribution < -0.4 is 15.4 Å². The molecule has 0 aliphatic carbocycles. The van der Waals surface area contributed by atoms with E-state index in [0.29, 0.717) is 23.2 Å². The molecule has 0 amide bonds. The largest absolute Gasteiger partial charge is 0.482 e. The highest BCUT2D eigenvalue weighted by Gasteiger charge is 2.20. The zero-order chi connectivity index (χ0) is 22.0. The average Bonchev–Trinajstić information content (AvgIpc) is 3.27. The summed E-state index contributed by atoms with van der Waals surface area (Å²) < 4.78 is 22.3. The van der Waals surface area contributed by atoms with E-state index in [1.165, 1.54) is 6.07 Å². The Labute approximate surface area is 186 Å². The highest BCUT2D eigenvalue weighted by atomic mass is 35.5. The Morgan fingerprint density at radius 1 is 1.26 bits per heavy atom. The number of halogens is 2. The van der Waals surface area contributed by atoms with Crippen LogP contribution in [0.3, 0.4) is 0 Å².